The molecule has 3 heterocycles. The number of aliphatic imine (C=N–C) groups is 1. The highest BCUT2D eigenvalue weighted by Gasteiger charge is 2.53. The highest BCUT2D eigenvalue weighted by molar-refractivity contribution is 7.48. The summed E-state index contributed by atoms with van der Waals surface area (Å²) in [6.45, 7) is -0.927. The Kier molecular flexibility index (Phi) is 27.4. The average Bonchev–Trinajstić information content (AvgIpc) is 1.64. The lowest BCUT2D eigenvalue weighted by Gasteiger charge is -2.32. The van der Waals surface area contributed by atoms with Crippen molar-refractivity contribution < 1.29 is 79.1 Å². The van der Waals surface area contributed by atoms with E-state index >= 15 is 9.13 Å². The van der Waals surface area contributed by atoms with Crippen molar-refractivity contribution in [2.45, 2.75) is 109 Å². The van der Waals surface area contributed by atoms with E-state index in [1.165, 1.54) is 6.07 Å². The van der Waals surface area contributed by atoms with Gasteiger partial charge in [0.2, 0.25) is 11.6 Å². The summed E-state index contributed by atoms with van der Waals surface area (Å²) in [4.78, 5) is 54.0. The Bertz CT molecular complexity index is 3750. The van der Waals surface area contributed by atoms with Crippen LogP contribution in [0.1, 0.15) is 77.3 Å². The number of nitrogens with one attached hydrogen (secondary N) is 3. The molecule has 1 aromatic heterocycles. The number of benzene rings is 7. The predicted molar refractivity (Wildman–Crippen MR) is 357 cm³/mol. The van der Waals surface area contributed by atoms with Crippen molar-refractivity contribution in [3.05, 3.63) is 269 Å². The van der Waals surface area contributed by atoms with E-state index < -0.39 is 71.4 Å². The van der Waals surface area contributed by atoms with Gasteiger partial charge >= 0.3 is 33.9 Å². The molecule has 0 radical (unpaired) electrons. The Balaban J connectivity index is 0.975. The monoisotopic (exact) mass is 1360 g/mol. The third kappa shape index (κ3) is 23.7. The maximum Gasteiger partial charge on any atom is 0.475 e. The fraction of sp³-hybridized carbons (Fsp3) is 0.296. The molecule has 97 heavy (non-hydrogen) atoms. The number of guanidine groups is 1. The van der Waals surface area contributed by atoms with Crippen molar-refractivity contribution in [2.75, 3.05) is 31.6 Å². The number of alkyl carbamates (subject to hydrolysis) is 2. The molecule has 10 rings (SSSR count). The van der Waals surface area contributed by atoms with Gasteiger partial charge in [-0.3, -0.25) is 57.6 Å². The van der Waals surface area contributed by atoms with Gasteiger partial charge in [-0.2, -0.15) is 4.98 Å². The Labute approximate surface area is 562 Å². The van der Waals surface area contributed by atoms with Crippen LogP contribution in [0, 0.1) is 0 Å². The van der Waals surface area contributed by atoms with Gasteiger partial charge in [-0.15, -0.1) is 0 Å². The number of unbranched alkanes of at least 4 members (excludes halogenated alkanes) is 1. The SMILES string of the molecule is O=C(NC(=NCCCCN=c1nc(NC(=O)OCc2ccccc2)ccn1[C@@H]1O[C@H](COP(=O)(OCc2ccccc2)OCc2ccccc2)[C@@H](OP(=O)(OCc2ccccc2)OCc2ccccc2)[C@H]1OC1CCCCO1)NC(=O)OCc1ccccc1)OCc1ccccc1. The Morgan fingerprint density at radius 2 is 0.918 bits per heavy atom. The molecule has 0 bridgehead atoms. The summed E-state index contributed by atoms with van der Waals surface area (Å²) in [5, 5.41) is 7.74. The van der Waals surface area contributed by atoms with Gasteiger partial charge in [0.25, 0.3) is 0 Å². The molecule has 0 saturated carbocycles. The molecule has 8 aromatic rings. The van der Waals surface area contributed by atoms with E-state index in [2.05, 4.69) is 20.9 Å². The minimum absolute atomic E-state index is 0.00825. The number of amides is 3. The maximum absolute atomic E-state index is 15.7. The molecule has 0 aliphatic carbocycles. The summed E-state index contributed by atoms with van der Waals surface area (Å²) in [6, 6.07) is 65.1. The highest BCUT2D eigenvalue weighted by Crippen LogP contribution is 2.56. The molecule has 3 N–H and O–H groups in total. The number of phosphoric ester groups is 2. The summed E-state index contributed by atoms with van der Waals surface area (Å²) in [7, 11) is -9.28. The molecule has 7 aromatic carbocycles. The van der Waals surface area contributed by atoms with Gasteiger partial charge in [0.1, 0.15) is 44.0 Å². The van der Waals surface area contributed by atoms with Gasteiger partial charge in [0.15, 0.2) is 12.5 Å². The molecule has 2 aliphatic heterocycles. The van der Waals surface area contributed by atoms with Crippen molar-refractivity contribution >= 4 is 45.7 Å². The molecule has 508 valence electrons. The zero-order valence-electron chi connectivity index (χ0n) is 53.2. The van der Waals surface area contributed by atoms with Crippen LogP contribution < -0.4 is 21.6 Å². The van der Waals surface area contributed by atoms with Crippen LogP contribution in [-0.4, -0.2) is 84.7 Å². The standard InChI is InChI=1S/C71H77N7O17P2/c79-69(85-46-54-26-8-1-9-27-54)75-62-41-44-78(68(74-62)73-43-24-23-42-72-67(76-70(80)86-47-55-28-10-2-11-29-55)77-71(81)87-48-56-30-12-3-13-31-56)66-65(94-63-40-22-25-45-84-63)64(95-97(83,90-51-59-36-18-6-19-37-59)91-52-60-38-20-7-21-39-60)61(93-66)53-92-96(82,88-49-57-32-14-4-15-33-57)89-50-58-34-16-5-17-35-58/h1-21,26-39,41,44,61,63-66H,22-25,40,42-43,45-53H2,(H,73,74,75,79)(H2,72,76,77,80,81)/t61-,63?,64-,65-,66-/m1/s1. The van der Waals surface area contributed by atoms with Crippen molar-refractivity contribution in [3.63, 3.8) is 0 Å². The number of aromatic nitrogens is 2. The predicted octanol–water partition coefficient (Wildman–Crippen LogP) is 13.8. The van der Waals surface area contributed by atoms with Crippen LogP contribution in [0.3, 0.4) is 0 Å². The van der Waals surface area contributed by atoms with Crippen LogP contribution >= 0.6 is 15.6 Å². The van der Waals surface area contributed by atoms with Crippen molar-refractivity contribution in [1.82, 2.24) is 20.2 Å². The Morgan fingerprint density at radius 3 is 1.36 bits per heavy atom. The van der Waals surface area contributed by atoms with Crippen LogP contribution in [0.2, 0.25) is 0 Å². The zero-order valence-corrected chi connectivity index (χ0v) is 55.0. The van der Waals surface area contributed by atoms with Crippen LogP contribution in [-0.2, 0) is 111 Å². The van der Waals surface area contributed by atoms with E-state index in [-0.39, 0.29) is 76.7 Å². The van der Waals surface area contributed by atoms with E-state index in [0.717, 1.165) is 29.5 Å². The summed E-state index contributed by atoms with van der Waals surface area (Å²) >= 11 is 0. The van der Waals surface area contributed by atoms with Gasteiger partial charge in [-0.1, -0.05) is 212 Å². The summed E-state index contributed by atoms with van der Waals surface area (Å²) < 4.78 is 107. The molecule has 2 aliphatic rings. The van der Waals surface area contributed by atoms with Crippen molar-refractivity contribution in [3.8, 4) is 0 Å². The third-order valence-corrected chi connectivity index (χ3v) is 17.6. The molecule has 0 spiro atoms. The third-order valence-electron chi connectivity index (χ3n) is 14.8. The number of carbonyl (C=O) groups excluding carboxylic acids is 3. The second-order valence-corrected chi connectivity index (χ2v) is 25.4. The lowest BCUT2D eigenvalue weighted by Crippen LogP contribution is -2.44. The number of anilines is 1. The van der Waals surface area contributed by atoms with Crippen molar-refractivity contribution in [1.29, 1.82) is 0 Å². The van der Waals surface area contributed by atoms with Crippen LogP contribution in [0.4, 0.5) is 20.2 Å². The molecule has 1 unspecified atom stereocenters. The lowest BCUT2D eigenvalue weighted by atomic mass is 10.1. The van der Waals surface area contributed by atoms with E-state index in [4.69, 9.17) is 65.5 Å². The quantitative estimate of drug-likeness (QED) is 0.0116. The van der Waals surface area contributed by atoms with Crippen LogP contribution in [0.25, 0.3) is 0 Å². The summed E-state index contributed by atoms with van der Waals surface area (Å²) in [6.07, 6.45) is -4.61. The fourth-order valence-electron chi connectivity index (χ4n) is 9.85. The number of ether oxygens (including phenoxy) is 6. The first-order chi connectivity index (χ1) is 47.5. The first-order valence-corrected chi connectivity index (χ1v) is 34.7. The summed E-state index contributed by atoms with van der Waals surface area (Å²) in [5.74, 6) is -0.175. The second kappa shape index (κ2) is 37.5. The van der Waals surface area contributed by atoms with Gasteiger partial charge in [-0.05, 0) is 77.1 Å². The Morgan fingerprint density at radius 1 is 0.495 bits per heavy atom. The molecule has 26 heteroatoms. The number of nitrogens with zero attached hydrogens (tertiary/aromatic N) is 4. The molecular weight excluding hydrogens is 1280 g/mol. The molecule has 3 amide bonds. The molecule has 2 saturated heterocycles. The number of hydrogen-bond donors (Lipinski definition) is 3. The highest BCUT2D eigenvalue weighted by atomic mass is 31.2. The van der Waals surface area contributed by atoms with E-state index in [9.17, 15) is 14.4 Å². The number of rotatable bonds is 32. The van der Waals surface area contributed by atoms with Gasteiger partial charge in [0, 0.05) is 25.9 Å². The van der Waals surface area contributed by atoms with E-state index in [1.54, 1.807) is 83.6 Å². The minimum Gasteiger partial charge on any atom is -0.444 e. The number of carbonyl (C=O) groups is 3. The minimum atomic E-state index is -4.73. The van der Waals surface area contributed by atoms with E-state index in [0.29, 0.717) is 48.1 Å². The van der Waals surface area contributed by atoms with Gasteiger partial charge in [-0.25, -0.2) is 23.5 Å². The van der Waals surface area contributed by atoms with Gasteiger partial charge < -0.3 is 28.4 Å². The van der Waals surface area contributed by atoms with Crippen LogP contribution in [0.15, 0.2) is 235 Å². The number of hydrogen-bond acceptors (Lipinski definition) is 20. The van der Waals surface area contributed by atoms with Crippen LogP contribution in [0.5, 0.6) is 0 Å². The van der Waals surface area contributed by atoms with E-state index in [1.807, 2.05) is 140 Å². The summed E-state index contributed by atoms with van der Waals surface area (Å²) in [5.41, 5.74) is 4.93. The van der Waals surface area contributed by atoms with Gasteiger partial charge in [0.05, 0.1) is 33.0 Å². The lowest BCUT2D eigenvalue weighted by molar-refractivity contribution is -0.215. The first kappa shape index (κ1) is 70.8. The molecular formula is C71H77N7O17P2. The van der Waals surface area contributed by atoms with Crippen molar-refractivity contribution in [2.24, 2.45) is 9.98 Å². The second-order valence-electron chi connectivity index (χ2n) is 22.2. The number of phosphoric acid groups is 2. The fourth-order valence-corrected chi connectivity index (χ4v) is 12.4. The topological polar surface area (TPSA) is 275 Å². The molecule has 24 nitrogen and oxygen atoms in total. The largest absolute Gasteiger partial charge is 0.475 e. The Hall–Kier alpha value is -9.00. The zero-order chi connectivity index (χ0) is 67.2. The maximum atomic E-state index is 15.7. The smallest absolute Gasteiger partial charge is 0.444 e. The molecule has 5 atom stereocenters. The normalized spacial score (nSPS) is 17.2. The first-order valence-electron chi connectivity index (χ1n) is 31.8. The average molecular weight is 1360 g/mol. The molecule has 2 fully saturated rings.